The summed E-state index contributed by atoms with van der Waals surface area (Å²) in [5, 5.41) is 0. The summed E-state index contributed by atoms with van der Waals surface area (Å²) in [5.74, 6) is 2.24. The highest BCUT2D eigenvalue weighted by Gasteiger charge is 2.15. The van der Waals surface area contributed by atoms with Gasteiger partial charge in [-0.25, -0.2) is 4.98 Å². The van der Waals surface area contributed by atoms with Crippen LogP contribution < -0.4 is 9.47 Å². The van der Waals surface area contributed by atoms with Crippen LogP contribution >= 0.6 is 0 Å². The van der Waals surface area contributed by atoms with Crippen LogP contribution in [0.15, 0.2) is 42.7 Å². The molecule has 0 radical (unpaired) electrons. The van der Waals surface area contributed by atoms with E-state index in [2.05, 4.69) is 28.2 Å². The zero-order chi connectivity index (χ0) is 17.1. The van der Waals surface area contributed by atoms with E-state index in [1.54, 1.807) is 13.4 Å². The molecule has 2 aromatic carbocycles. The van der Waals surface area contributed by atoms with Crippen molar-refractivity contribution in [3.8, 4) is 22.6 Å². The number of fused-ring (bicyclic) bond motifs is 1. The lowest BCUT2D eigenvalue weighted by molar-refractivity contribution is 0.178. The Morgan fingerprint density at radius 2 is 2.08 bits per heavy atom. The number of hydrogen-bond acceptors (Lipinski definition) is 4. The second-order valence-electron chi connectivity index (χ2n) is 6.40. The number of ether oxygens (including phenoxy) is 3. The molecule has 1 saturated heterocycles. The van der Waals surface area contributed by atoms with Crippen molar-refractivity contribution in [2.45, 2.75) is 12.8 Å². The van der Waals surface area contributed by atoms with Crippen molar-refractivity contribution in [1.29, 1.82) is 0 Å². The summed E-state index contributed by atoms with van der Waals surface area (Å²) in [4.78, 5) is 7.42. The summed E-state index contributed by atoms with van der Waals surface area (Å²) >= 11 is 0. The molecule has 0 spiro atoms. The molecule has 4 rings (SSSR count). The Morgan fingerprint density at radius 1 is 1.16 bits per heavy atom. The lowest BCUT2D eigenvalue weighted by atomic mass is 10.0. The molecule has 1 unspecified atom stereocenters. The molecule has 5 nitrogen and oxygen atoms in total. The molecule has 0 saturated carbocycles. The first-order valence-corrected chi connectivity index (χ1v) is 8.65. The molecule has 1 N–H and O–H groups in total. The Morgan fingerprint density at radius 3 is 2.92 bits per heavy atom. The number of benzene rings is 2. The number of aromatic nitrogens is 2. The maximum absolute atomic E-state index is 5.99. The molecule has 2 heterocycles. The SMILES string of the molecule is COc1cc(OCCC2CCOC2)cc(-c2ccc3nc[nH]c3c2)c1. The highest BCUT2D eigenvalue weighted by molar-refractivity contribution is 5.82. The smallest absolute Gasteiger partial charge is 0.123 e. The van der Waals surface area contributed by atoms with Gasteiger partial charge in [0, 0.05) is 19.3 Å². The fraction of sp³-hybridized carbons (Fsp3) is 0.350. The minimum atomic E-state index is 0.618. The number of nitrogens with zero attached hydrogens (tertiary/aromatic N) is 1. The van der Waals surface area contributed by atoms with E-state index >= 15 is 0 Å². The van der Waals surface area contributed by atoms with E-state index in [1.165, 1.54) is 0 Å². The highest BCUT2D eigenvalue weighted by atomic mass is 16.5. The lowest BCUT2D eigenvalue weighted by Crippen LogP contribution is -2.07. The van der Waals surface area contributed by atoms with Gasteiger partial charge in [0.15, 0.2) is 0 Å². The van der Waals surface area contributed by atoms with Crippen LogP contribution in [0, 0.1) is 5.92 Å². The van der Waals surface area contributed by atoms with E-state index in [4.69, 9.17) is 14.2 Å². The molecule has 25 heavy (non-hydrogen) atoms. The van der Waals surface area contributed by atoms with Crippen molar-refractivity contribution in [2.75, 3.05) is 26.9 Å². The predicted octanol–water partition coefficient (Wildman–Crippen LogP) is 4.04. The Hall–Kier alpha value is -2.53. The zero-order valence-electron chi connectivity index (χ0n) is 14.3. The molecule has 1 aliphatic rings. The van der Waals surface area contributed by atoms with Gasteiger partial charge >= 0.3 is 0 Å². The predicted molar refractivity (Wildman–Crippen MR) is 97.1 cm³/mol. The summed E-state index contributed by atoms with van der Waals surface area (Å²) in [5.41, 5.74) is 4.14. The van der Waals surface area contributed by atoms with Crippen LogP contribution in [0.5, 0.6) is 11.5 Å². The third-order valence-electron chi connectivity index (χ3n) is 4.69. The number of nitrogens with one attached hydrogen (secondary N) is 1. The Balaban J connectivity index is 1.54. The van der Waals surface area contributed by atoms with Gasteiger partial charge in [-0.15, -0.1) is 0 Å². The number of hydrogen-bond donors (Lipinski definition) is 1. The highest BCUT2D eigenvalue weighted by Crippen LogP contribution is 2.31. The van der Waals surface area contributed by atoms with Crippen molar-refractivity contribution < 1.29 is 14.2 Å². The first-order chi connectivity index (χ1) is 12.3. The third-order valence-corrected chi connectivity index (χ3v) is 4.69. The lowest BCUT2D eigenvalue weighted by Gasteiger charge is -2.12. The summed E-state index contributed by atoms with van der Waals surface area (Å²) in [6, 6.07) is 12.2. The molecule has 1 aromatic heterocycles. The Kier molecular flexibility index (Phi) is 4.57. The molecule has 0 aliphatic carbocycles. The van der Waals surface area contributed by atoms with Crippen LogP contribution in [-0.4, -0.2) is 36.9 Å². The Labute approximate surface area is 146 Å². The molecule has 5 heteroatoms. The van der Waals surface area contributed by atoms with E-state index in [9.17, 15) is 0 Å². The number of aromatic amines is 1. The topological polar surface area (TPSA) is 56.4 Å². The van der Waals surface area contributed by atoms with Crippen LogP contribution in [-0.2, 0) is 4.74 Å². The first kappa shape index (κ1) is 16.0. The summed E-state index contributed by atoms with van der Waals surface area (Å²) in [7, 11) is 1.68. The van der Waals surface area contributed by atoms with Crippen LogP contribution in [0.4, 0.5) is 0 Å². The molecule has 0 amide bonds. The van der Waals surface area contributed by atoms with E-state index in [-0.39, 0.29) is 0 Å². The van der Waals surface area contributed by atoms with Gasteiger partial charge in [0.05, 0.1) is 31.1 Å². The quantitative estimate of drug-likeness (QED) is 0.737. The van der Waals surface area contributed by atoms with Crippen molar-refractivity contribution >= 4 is 11.0 Å². The molecule has 1 atom stereocenters. The van der Waals surface area contributed by atoms with Gasteiger partial charge in [0.1, 0.15) is 11.5 Å². The zero-order valence-corrected chi connectivity index (χ0v) is 14.3. The van der Waals surface area contributed by atoms with Gasteiger partial charge in [-0.3, -0.25) is 0 Å². The van der Waals surface area contributed by atoms with Crippen molar-refractivity contribution in [1.82, 2.24) is 9.97 Å². The fourth-order valence-electron chi connectivity index (χ4n) is 3.21. The van der Waals surface area contributed by atoms with Gasteiger partial charge in [-0.2, -0.15) is 0 Å². The van der Waals surface area contributed by atoms with Crippen molar-refractivity contribution in [3.05, 3.63) is 42.7 Å². The van der Waals surface area contributed by atoms with Gasteiger partial charge in [0.25, 0.3) is 0 Å². The maximum Gasteiger partial charge on any atom is 0.123 e. The van der Waals surface area contributed by atoms with Crippen molar-refractivity contribution in [2.24, 2.45) is 5.92 Å². The minimum Gasteiger partial charge on any atom is -0.497 e. The largest absolute Gasteiger partial charge is 0.497 e. The standard InChI is InChI=1S/C20H22N2O3/c1-23-17-8-16(15-2-3-19-20(10-15)22-13-21-19)9-18(11-17)25-7-5-14-4-6-24-12-14/h2-3,8-11,13-14H,4-7,12H2,1H3,(H,21,22). The van der Waals surface area contributed by atoms with Crippen LogP contribution in [0.2, 0.25) is 0 Å². The van der Waals surface area contributed by atoms with Gasteiger partial charge < -0.3 is 19.2 Å². The van der Waals surface area contributed by atoms with Crippen LogP contribution in [0.25, 0.3) is 22.2 Å². The number of H-pyrrole nitrogens is 1. The van der Waals surface area contributed by atoms with Crippen LogP contribution in [0.1, 0.15) is 12.8 Å². The third kappa shape index (κ3) is 3.61. The molecule has 3 aromatic rings. The van der Waals surface area contributed by atoms with E-state index < -0.39 is 0 Å². The molecular weight excluding hydrogens is 316 g/mol. The molecule has 0 bridgehead atoms. The summed E-state index contributed by atoms with van der Waals surface area (Å²) in [6.45, 7) is 2.43. The Bertz CT molecular complexity index is 853. The number of rotatable bonds is 6. The second-order valence-corrected chi connectivity index (χ2v) is 6.40. The molecule has 130 valence electrons. The normalized spacial score (nSPS) is 17.1. The average molecular weight is 338 g/mol. The average Bonchev–Trinajstić information content (AvgIpc) is 3.32. The van der Waals surface area contributed by atoms with Crippen molar-refractivity contribution in [3.63, 3.8) is 0 Å². The van der Waals surface area contributed by atoms with E-state index in [0.29, 0.717) is 12.5 Å². The molecule has 1 aliphatic heterocycles. The van der Waals surface area contributed by atoms with Gasteiger partial charge in [-0.05, 0) is 54.2 Å². The van der Waals surface area contributed by atoms with E-state index in [1.807, 2.05) is 18.2 Å². The molecular formula is C20H22N2O3. The summed E-state index contributed by atoms with van der Waals surface area (Å²) in [6.07, 6.45) is 3.87. The second kappa shape index (κ2) is 7.15. The first-order valence-electron chi connectivity index (χ1n) is 8.65. The van der Waals surface area contributed by atoms with Crippen LogP contribution in [0.3, 0.4) is 0 Å². The van der Waals surface area contributed by atoms with Gasteiger partial charge in [-0.1, -0.05) is 6.07 Å². The monoisotopic (exact) mass is 338 g/mol. The number of imidazole rings is 1. The number of methoxy groups -OCH3 is 1. The van der Waals surface area contributed by atoms with E-state index in [0.717, 1.165) is 59.7 Å². The van der Waals surface area contributed by atoms with Gasteiger partial charge in [0.2, 0.25) is 0 Å². The minimum absolute atomic E-state index is 0.618. The summed E-state index contributed by atoms with van der Waals surface area (Å²) < 4.78 is 16.9. The molecule has 1 fully saturated rings. The fourth-order valence-corrected chi connectivity index (χ4v) is 3.21. The maximum atomic E-state index is 5.99.